The van der Waals surface area contributed by atoms with Crippen molar-refractivity contribution in [2.24, 2.45) is 5.10 Å². The fourth-order valence-corrected chi connectivity index (χ4v) is 1.03. The molecule has 4 heteroatoms. The van der Waals surface area contributed by atoms with Crippen LogP contribution in [0.5, 0.6) is 5.75 Å². The molecule has 0 spiro atoms. The van der Waals surface area contributed by atoms with E-state index in [1.165, 1.54) is 0 Å². The van der Waals surface area contributed by atoms with E-state index >= 15 is 0 Å². The van der Waals surface area contributed by atoms with Crippen molar-refractivity contribution in [3.8, 4) is 5.75 Å². The van der Waals surface area contributed by atoms with E-state index in [9.17, 15) is 0 Å². The fraction of sp³-hybridized carbons (Fsp3) is 0.273. The summed E-state index contributed by atoms with van der Waals surface area (Å²) in [5.41, 5.74) is 3.74. The quantitative estimate of drug-likeness (QED) is 0.344. The predicted molar refractivity (Wildman–Crippen MR) is 61.9 cm³/mol. The Morgan fingerprint density at radius 3 is 2.73 bits per heavy atom. The topological polar surface area (TPSA) is 36.6 Å². The summed E-state index contributed by atoms with van der Waals surface area (Å²) in [5.74, 6) is 0.813. The van der Waals surface area contributed by atoms with E-state index in [1.807, 2.05) is 42.9 Å². The first-order chi connectivity index (χ1) is 7.24. The van der Waals surface area contributed by atoms with Gasteiger partial charge in [-0.25, -0.2) is 0 Å². The Hall–Kier alpha value is -1.84. The van der Waals surface area contributed by atoms with E-state index in [2.05, 4.69) is 10.5 Å². The van der Waals surface area contributed by atoms with Gasteiger partial charge in [-0.05, 0) is 12.1 Å². The molecule has 0 saturated carbocycles. The highest BCUT2D eigenvalue weighted by atomic mass is 16.5. The largest absolute Gasteiger partial charge is 0.496 e. The van der Waals surface area contributed by atoms with Crippen LogP contribution in [-0.4, -0.2) is 38.3 Å². The zero-order chi connectivity index (χ0) is 11.1. The minimum Gasteiger partial charge on any atom is -0.496 e. The van der Waals surface area contributed by atoms with Crippen LogP contribution in [0.2, 0.25) is 0 Å². The molecule has 0 saturated heterocycles. The van der Waals surface area contributed by atoms with Gasteiger partial charge in [0.15, 0.2) is 0 Å². The molecule has 0 bridgehead atoms. The number of rotatable bonds is 4. The van der Waals surface area contributed by atoms with Crippen molar-refractivity contribution in [3.63, 3.8) is 0 Å². The molecule has 0 fully saturated rings. The Morgan fingerprint density at radius 2 is 2.07 bits per heavy atom. The third-order valence-corrected chi connectivity index (χ3v) is 1.73. The van der Waals surface area contributed by atoms with E-state index in [-0.39, 0.29) is 0 Å². The number of para-hydroxylation sites is 1. The molecule has 0 aromatic heterocycles. The van der Waals surface area contributed by atoms with Gasteiger partial charge >= 0.3 is 0 Å². The molecule has 80 valence electrons. The van der Waals surface area contributed by atoms with E-state index in [0.29, 0.717) is 0 Å². The van der Waals surface area contributed by atoms with Gasteiger partial charge in [0.2, 0.25) is 0 Å². The maximum Gasteiger partial charge on any atom is 0.256 e. The summed E-state index contributed by atoms with van der Waals surface area (Å²) in [4.78, 5) is 0. The first-order valence-electron chi connectivity index (χ1n) is 4.65. The molecule has 15 heavy (non-hydrogen) atoms. The second kappa shape index (κ2) is 5.80. The summed E-state index contributed by atoms with van der Waals surface area (Å²) in [6.07, 6.45) is 3.48. The summed E-state index contributed by atoms with van der Waals surface area (Å²) < 4.78 is 7.06. The van der Waals surface area contributed by atoms with Crippen molar-refractivity contribution in [1.82, 2.24) is 5.43 Å². The summed E-state index contributed by atoms with van der Waals surface area (Å²) >= 11 is 0. The normalized spacial score (nSPS) is 10.1. The molecule has 1 aromatic rings. The lowest BCUT2D eigenvalue weighted by atomic mass is 10.2. The van der Waals surface area contributed by atoms with Crippen LogP contribution in [0.4, 0.5) is 0 Å². The second-order valence-corrected chi connectivity index (χ2v) is 3.22. The minimum atomic E-state index is 0.813. The number of nitrogens with one attached hydrogen (secondary N) is 1. The average Bonchev–Trinajstić information content (AvgIpc) is 2.24. The predicted octanol–water partition coefficient (Wildman–Crippen LogP) is 0.919. The second-order valence-electron chi connectivity index (χ2n) is 3.22. The average molecular weight is 206 g/mol. The maximum absolute atomic E-state index is 5.18. The number of benzene rings is 1. The van der Waals surface area contributed by atoms with E-state index in [1.54, 1.807) is 19.7 Å². The highest BCUT2D eigenvalue weighted by Crippen LogP contribution is 2.14. The van der Waals surface area contributed by atoms with Gasteiger partial charge in [0, 0.05) is 5.56 Å². The lowest BCUT2D eigenvalue weighted by Crippen LogP contribution is -2.11. The highest BCUT2D eigenvalue weighted by molar-refractivity contribution is 5.83. The first kappa shape index (κ1) is 11.2. The third-order valence-electron chi connectivity index (χ3n) is 1.73. The molecule has 1 N–H and O–H groups in total. The molecule has 0 heterocycles. The summed E-state index contributed by atoms with van der Waals surface area (Å²) in [6, 6.07) is 7.71. The Morgan fingerprint density at radius 1 is 1.33 bits per heavy atom. The van der Waals surface area contributed by atoms with Gasteiger partial charge in [0.1, 0.15) is 5.75 Å². The van der Waals surface area contributed by atoms with Gasteiger partial charge in [-0.3, -0.25) is 4.58 Å². The van der Waals surface area contributed by atoms with Crippen LogP contribution in [0.3, 0.4) is 0 Å². The molecule has 0 radical (unpaired) electrons. The number of hydrogen-bond donors (Lipinski definition) is 1. The van der Waals surface area contributed by atoms with Gasteiger partial charge in [-0.15, -0.1) is 0 Å². The summed E-state index contributed by atoms with van der Waals surface area (Å²) in [7, 11) is 5.49. The molecule has 0 unspecified atom stereocenters. The van der Waals surface area contributed by atoms with Gasteiger partial charge in [0.25, 0.3) is 6.34 Å². The van der Waals surface area contributed by atoms with Crippen LogP contribution in [0, 0.1) is 0 Å². The summed E-state index contributed by atoms with van der Waals surface area (Å²) in [5, 5.41) is 4.04. The first-order valence-corrected chi connectivity index (χ1v) is 4.65. The molecule has 1 rings (SSSR count). The van der Waals surface area contributed by atoms with Crippen molar-refractivity contribution >= 4 is 12.6 Å². The van der Waals surface area contributed by atoms with Crippen LogP contribution >= 0.6 is 0 Å². The van der Waals surface area contributed by atoms with Crippen LogP contribution in [0.1, 0.15) is 5.56 Å². The number of hydrogen-bond acceptors (Lipinski definition) is 2. The fourth-order valence-electron chi connectivity index (χ4n) is 1.03. The third kappa shape index (κ3) is 3.81. The molecule has 0 atom stereocenters. The number of methoxy groups -OCH3 is 1. The van der Waals surface area contributed by atoms with Crippen molar-refractivity contribution < 1.29 is 9.31 Å². The number of hydrazone groups is 1. The van der Waals surface area contributed by atoms with Crippen molar-refractivity contribution in [1.29, 1.82) is 0 Å². The number of nitrogens with zero attached hydrogens (tertiary/aromatic N) is 2. The van der Waals surface area contributed by atoms with E-state index in [0.717, 1.165) is 11.3 Å². The summed E-state index contributed by atoms with van der Waals surface area (Å²) in [6.45, 7) is 0. The molecule has 0 amide bonds. The Bertz CT molecular complexity index is 368. The van der Waals surface area contributed by atoms with E-state index in [4.69, 9.17) is 4.74 Å². The van der Waals surface area contributed by atoms with Crippen molar-refractivity contribution in [2.45, 2.75) is 0 Å². The monoisotopic (exact) mass is 206 g/mol. The van der Waals surface area contributed by atoms with Crippen LogP contribution in [0.15, 0.2) is 29.4 Å². The molecular weight excluding hydrogens is 190 g/mol. The van der Waals surface area contributed by atoms with Crippen molar-refractivity contribution in [2.75, 3.05) is 21.2 Å². The molecule has 4 nitrogen and oxygen atoms in total. The lowest BCUT2D eigenvalue weighted by Gasteiger charge is -2.01. The molecule has 0 aliphatic heterocycles. The van der Waals surface area contributed by atoms with Crippen molar-refractivity contribution in [3.05, 3.63) is 29.8 Å². The van der Waals surface area contributed by atoms with Gasteiger partial charge < -0.3 is 4.74 Å². The molecule has 0 aliphatic carbocycles. The zero-order valence-electron chi connectivity index (χ0n) is 9.27. The van der Waals surface area contributed by atoms with Crippen LogP contribution in [-0.2, 0) is 0 Å². The van der Waals surface area contributed by atoms with Gasteiger partial charge in [-0.2, -0.15) is 5.43 Å². The van der Waals surface area contributed by atoms with Crippen LogP contribution < -0.4 is 10.2 Å². The highest BCUT2D eigenvalue weighted by Gasteiger charge is 1.97. The lowest BCUT2D eigenvalue weighted by molar-refractivity contribution is -0.461. The zero-order valence-corrected chi connectivity index (χ0v) is 9.27. The number of ether oxygens (including phenoxy) is 1. The Labute approximate surface area is 89.9 Å². The Kier molecular flexibility index (Phi) is 4.34. The molecule has 1 aromatic carbocycles. The standard InChI is InChI=1S/C11H15N3O/c1-14(2)9-13-12-8-10-6-4-5-7-11(10)15-3/h4-9H,1-3H3/p+1/b12-8-. The van der Waals surface area contributed by atoms with Gasteiger partial charge in [-0.1, -0.05) is 17.2 Å². The maximum atomic E-state index is 5.18. The molecular formula is C11H16N3O+. The van der Waals surface area contributed by atoms with E-state index < -0.39 is 0 Å². The van der Waals surface area contributed by atoms with Gasteiger partial charge in [0.05, 0.1) is 27.4 Å². The van der Waals surface area contributed by atoms with Crippen LogP contribution in [0.25, 0.3) is 0 Å². The molecule has 0 aliphatic rings. The SMILES string of the molecule is COc1ccccc1/C=N\NC=[N+](C)C. The minimum absolute atomic E-state index is 0.813. The smallest absolute Gasteiger partial charge is 0.256 e. The Balaban J connectivity index is 2.67.